The second kappa shape index (κ2) is 17.5. The fourth-order valence-corrected chi connectivity index (χ4v) is 6.35. The molecule has 0 unspecified atom stereocenters. The predicted octanol–water partition coefficient (Wildman–Crippen LogP) is 12.2. The molecule has 0 aliphatic carbocycles. The molecule has 224 valence electrons. The topological polar surface area (TPSA) is 25.3 Å². The zero-order valence-corrected chi connectivity index (χ0v) is 27.4. The van der Waals surface area contributed by atoms with Crippen LogP contribution in [-0.2, 0) is 25.7 Å². The van der Waals surface area contributed by atoms with Crippen LogP contribution in [-0.4, -0.2) is 4.70 Å². The summed E-state index contributed by atoms with van der Waals surface area (Å²) in [5.74, 6) is 0. The molecule has 0 saturated carbocycles. The first-order valence-electron chi connectivity index (χ1n) is 17.2. The predicted molar refractivity (Wildman–Crippen MR) is 179 cm³/mol. The Bertz CT molecular complexity index is 1140. The number of rotatable bonds is 19. The molecule has 0 aromatic heterocycles. The Hall–Kier alpha value is -2.48. The summed E-state index contributed by atoms with van der Waals surface area (Å²) in [6.07, 6.45) is 19.6. The highest BCUT2D eigenvalue weighted by molar-refractivity contribution is 5.82. The molecular formula is C39H58N2. The number of hydrogen-bond acceptors (Lipinski definition) is 0. The Labute approximate surface area is 252 Å². The van der Waals surface area contributed by atoms with Gasteiger partial charge in [0.05, 0.1) is 0 Å². The van der Waals surface area contributed by atoms with Gasteiger partial charge in [0.2, 0.25) is 11.4 Å². The van der Waals surface area contributed by atoms with E-state index in [9.17, 15) is 5.53 Å². The molecule has 2 heteroatoms. The van der Waals surface area contributed by atoms with E-state index >= 15 is 0 Å². The van der Waals surface area contributed by atoms with Gasteiger partial charge >= 0.3 is 0 Å². The molecule has 0 fully saturated rings. The van der Waals surface area contributed by atoms with Crippen molar-refractivity contribution in [1.82, 2.24) is 0 Å². The van der Waals surface area contributed by atoms with E-state index < -0.39 is 0 Å². The lowest BCUT2D eigenvalue weighted by molar-refractivity contribution is -0.345. The highest BCUT2D eigenvalue weighted by Crippen LogP contribution is 2.44. The second-order valence-electron chi connectivity index (χ2n) is 12.3. The molecule has 2 aromatic rings. The van der Waals surface area contributed by atoms with Crippen LogP contribution in [0.25, 0.3) is 16.9 Å². The molecule has 0 bridgehead atoms. The summed E-state index contributed by atoms with van der Waals surface area (Å²) < 4.78 is 1.60. The molecule has 0 radical (unpaired) electrons. The quantitative estimate of drug-likeness (QED) is 0.122. The van der Waals surface area contributed by atoms with E-state index in [0.29, 0.717) is 0 Å². The Morgan fingerprint density at radius 2 is 0.805 bits per heavy atom. The molecule has 0 N–H and O–H groups in total. The maximum atomic E-state index is 12.2. The van der Waals surface area contributed by atoms with Gasteiger partial charge in [-0.1, -0.05) is 92.2 Å². The first kappa shape index (κ1) is 33.0. The fraction of sp³-hybridized carbons (Fsp3) is 0.590. The largest absolute Gasteiger partial charge is 0.493 e. The third-order valence-corrected chi connectivity index (χ3v) is 8.67. The van der Waals surface area contributed by atoms with Gasteiger partial charge in [0, 0.05) is 22.3 Å². The minimum absolute atomic E-state index is 0.930. The number of benzene rings is 2. The van der Waals surface area contributed by atoms with Crippen LogP contribution in [0.2, 0.25) is 0 Å². The lowest BCUT2D eigenvalue weighted by atomic mass is 9.91. The van der Waals surface area contributed by atoms with E-state index in [-0.39, 0.29) is 0 Å². The first-order valence-corrected chi connectivity index (χ1v) is 17.2. The summed E-state index contributed by atoms with van der Waals surface area (Å²) in [6, 6.07) is 14.3. The standard InChI is InChI=1S/C39H58N2/c1-7-13-18-23-37-36(12-6)38(34-26-30(19-14-8-2)24-31(27-34)20-15-9-3)41(40)39(37)35-28-32(21-16-10-4)25-33(29-35)22-17-11-5/h24-29H,7-23H2,1-6H3. The van der Waals surface area contributed by atoms with E-state index in [4.69, 9.17) is 0 Å². The van der Waals surface area contributed by atoms with Crippen molar-refractivity contribution in [2.24, 2.45) is 0 Å². The van der Waals surface area contributed by atoms with Crippen LogP contribution in [0.3, 0.4) is 0 Å². The van der Waals surface area contributed by atoms with Gasteiger partial charge in [0.25, 0.3) is 0 Å². The second-order valence-corrected chi connectivity index (χ2v) is 12.3. The molecular weight excluding hydrogens is 496 g/mol. The highest BCUT2D eigenvalue weighted by Gasteiger charge is 2.35. The number of allylic oxidation sites excluding steroid dienone is 2. The molecule has 0 amide bonds. The monoisotopic (exact) mass is 554 g/mol. The summed E-state index contributed by atoms with van der Waals surface area (Å²) in [4.78, 5) is 0. The van der Waals surface area contributed by atoms with Crippen LogP contribution in [0.4, 0.5) is 0 Å². The van der Waals surface area contributed by atoms with E-state index in [1.165, 1.54) is 109 Å². The Balaban J connectivity index is 2.17. The maximum absolute atomic E-state index is 12.2. The fourth-order valence-electron chi connectivity index (χ4n) is 6.35. The van der Waals surface area contributed by atoms with Gasteiger partial charge in [-0.2, -0.15) is 0 Å². The van der Waals surface area contributed by atoms with E-state index in [1.807, 2.05) is 0 Å². The van der Waals surface area contributed by atoms with Crippen molar-refractivity contribution in [3.63, 3.8) is 0 Å². The lowest BCUT2D eigenvalue weighted by Gasteiger charge is -2.14. The van der Waals surface area contributed by atoms with Crippen molar-refractivity contribution in [2.45, 2.75) is 151 Å². The average molecular weight is 555 g/mol. The Kier molecular flexibility index (Phi) is 14.1. The van der Waals surface area contributed by atoms with Crippen LogP contribution >= 0.6 is 0 Å². The number of aryl methyl sites for hydroxylation is 4. The molecule has 1 heterocycles. The molecule has 0 atom stereocenters. The molecule has 0 saturated heterocycles. The third kappa shape index (κ3) is 9.00. The van der Waals surface area contributed by atoms with Gasteiger partial charge in [-0.05, 0) is 117 Å². The van der Waals surface area contributed by atoms with Crippen LogP contribution < -0.4 is 0 Å². The van der Waals surface area contributed by atoms with Gasteiger partial charge in [-0.25, -0.2) is 4.70 Å². The molecule has 3 rings (SSSR count). The van der Waals surface area contributed by atoms with Gasteiger partial charge in [0.1, 0.15) is 0 Å². The van der Waals surface area contributed by atoms with Crippen molar-refractivity contribution in [3.05, 3.63) is 86.5 Å². The summed E-state index contributed by atoms with van der Waals surface area (Å²) in [5.41, 5.74) is 25.0. The summed E-state index contributed by atoms with van der Waals surface area (Å²) in [5, 5.41) is 0. The van der Waals surface area contributed by atoms with Gasteiger partial charge in [0.15, 0.2) is 0 Å². The first-order chi connectivity index (χ1) is 20.0. The maximum Gasteiger partial charge on any atom is 0.211 e. The van der Waals surface area contributed by atoms with Gasteiger partial charge in [-0.15, -0.1) is 0 Å². The molecule has 2 nitrogen and oxygen atoms in total. The van der Waals surface area contributed by atoms with Crippen LogP contribution in [0.1, 0.15) is 158 Å². The smallest absolute Gasteiger partial charge is 0.211 e. The van der Waals surface area contributed by atoms with Crippen LogP contribution in [0, 0.1) is 0 Å². The van der Waals surface area contributed by atoms with Crippen molar-refractivity contribution in [1.29, 1.82) is 0 Å². The zero-order chi connectivity index (χ0) is 29.6. The number of hydrogen-bond donors (Lipinski definition) is 0. The summed E-state index contributed by atoms with van der Waals surface area (Å²) >= 11 is 0. The van der Waals surface area contributed by atoms with E-state index in [1.54, 1.807) is 4.70 Å². The molecule has 1 aliphatic rings. The normalized spacial score (nSPS) is 13.7. The number of unbranched alkanes of at least 4 members (excludes halogenated alkanes) is 6. The van der Waals surface area contributed by atoms with E-state index in [2.05, 4.69) is 77.9 Å². The molecule has 41 heavy (non-hydrogen) atoms. The SMILES string of the molecule is CCCCCC1=C(c2cc(CCCC)cc(CCCC)c2)[N+](=[N-])C(c2cc(CCCC)cc(CCCC)c2)=C1CC. The molecule has 0 spiro atoms. The minimum Gasteiger partial charge on any atom is -0.493 e. The minimum atomic E-state index is 0.930. The summed E-state index contributed by atoms with van der Waals surface area (Å²) in [6.45, 7) is 13.6. The van der Waals surface area contributed by atoms with Crippen molar-refractivity contribution >= 4 is 11.4 Å². The molecule has 1 aliphatic heterocycles. The van der Waals surface area contributed by atoms with Gasteiger partial charge < -0.3 is 5.53 Å². The van der Waals surface area contributed by atoms with Crippen LogP contribution in [0.5, 0.6) is 0 Å². The summed E-state index contributed by atoms with van der Waals surface area (Å²) in [7, 11) is 0. The Morgan fingerprint density at radius 3 is 1.15 bits per heavy atom. The number of nitrogens with zero attached hydrogens (tertiary/aromatic N) is 2. The van der Waals surface area contributed by atoms with Crippen molar-refractivity contribution < 1.29 is 4.70 Å². The highest BCUT2D eigenvalue weighted by atomic mass is 15.2. The lowest BCUT2D eigenvalue weighted by Crippen LogP contribution is -2.05. The average Bonchev–Trinajstić information content (AvgIpc) is 3.27. The zero-order valence-electron chi connectivity index (χ0n) is 27.4. The Morgan fingerprint density at radius 1 is 0.439 bits per heavy atom. The van der Waals surface area contributed by atoms with E-state index in [0.717, 1.165) is 56.3 Å². The van der Waals surface area contributed by atoms with Crippen molar-refractivity contribution in [3.8, 4) is 0 Å². The van der Waals surface area contributed by atoms with Crippen molar-refractivity contribution in [2.75, 3.05) is 0 Å². The van der Waals surface area contributed by atoms with Crippen LogP contribution in [0.15, 0.2) is 47.5 Å². The third-order valence-electron chi connectivity index (χ3n) is 8.67. The molecule has 2 aromatic carbocycles. The van der Waals surface area contributed by atoms with Gasteiger partial charge in [-0.3, -0.25) is 0 Å².